The van der Waals surface area contributed by atoms with E-state index in [9.17, 15) is 14.4 Å². The first-order valence-corrected chi connectivity index (χ1v) is 8.88. The van der Waals surface area contributed by atoms with E-state index in [4.69, 9.17) is 4.74 Å². The predicted octanol–water partition coefficient (Wildman–Crippen LogP) is 3.03. The number of fused-ring (bicyclic) bond motifs is 2. The fraction of sp³-hybridized carbons (Fsp3) is 1.00. The molecular formula is C13H23O4P. The van der Waals surface area contributed by atoms with Crippen molar-refractivity contribution < 1.29 is 19.1 Å². The standard InChI is InChI=1S/C13H23O4P/c14-18(15,16)13-8-4-3-6-11(13)9-10-5-1-2-7-12(10)17-13/h10-12H,1-9H2,(H2,14,15,16). The molecule has 0 amide bonds. The molecule has 2 saturated carbocycles. The number of ether oxygens (including phenoxy) is 1. The van der Waals surface area contributed by atoms with Gasteiger partial charge in [0.2, 0.25) is 0 Å². The molecule has 3 fully saturated rings. The van der Waals surface area contributed by atoms with Gasteiger partial charge in [-0.05, 0) is 44.4 Å². The van der Waals surface area contributed by atoms with Crippen molar-refractivity contribution in [3.05, 3.63) is 0 Å². The summed E-state index contributed by atoms with van der Waals surface area (Å²) in [5.74, 6) is 0.618. The van der Waals surface area contributed by atoms with Crippen LogP contribution in [0, 0.1) is 11.8 Å². The Balaban J connectivity index is 1.90. The van der Waals surface area contributed by atoms with E-state index in [2.05, 4.69) is 0 Å². The van der Waals surface area contributed by atoms with Crippen LogP contribution < -0.4 is 0 Å². The molecule has 3 aliphatic rings. The molecular weight excluding hydrogens is 251 g/mol. The normalized spacial score (nSPS) is 45.1. The molecule has 2 N–H and O–H groups in total. The van der Waals surface area contributed by atoms with Crippen LogP contribution in [0.15, 0.2) is 0 Å². The Kier molecular flexibility index (Phi) is 3.34. The average molecular weight is 274 g/mol. The summed E-state index contributed by atoms with van der Waals surface area (Å²) < 4.78 is 18.1. The summed E-state index contributed by atoms with van der Waals surface area (Å²) in [5, 5.41) is -1.14. The van der Waals surface area contributed by atoms with Gasteiger partial charge in [-0.2, -0.15) is 0 Å². The third-order valence-corrected chi connectivity index (χ3v) is 6.93. The first-order valence-electron chi connectivity index (χ1n) is 7.26. The largest absolute Gasteiger partial charge is 0.359 e. The van der Waals surface area contributed by atoms with Gasteiger partial charge < -0.3 is 14.5 Å². The minimum Gasteiger partial charge on any atom is -0.359 e. The molecule has 0 aromatic rings. The lowest BCUT2D eigenvalue weighted by Crippen LogP contribution is -2.53. The van der Waals surface area contributed by atoms with Gasteiger partial charge in [0.1, 0.15) is 0 Å². The van der Waals surface area contributed by atoms with Crippen molar-refractivity contribution in [2.24, 2.45) is 11.8 Å². The number of hydrogen-bond donors (Lipinski definition) is 2. The third kappa shape index (κ3) is 1.98. The maximum Gasteiger partial charge on any atom is 0.357 e. The summed E-state index contributed by atoms with van der Waals surface area (Å²) >= 11 is 0. The Hall–Kier alpha value is 0.110. The predicted molar refractivity (Wildman–Crippen MR) is 68.2 cm³/mol. The van der Waals surface area contributed by atoms with Crippen molar-refractivity contribution in [3.8, 4) is 0 Å². The molecule has 0 aromatic heterocycles. The maximum atomic E-state index is 12.0. The van der Waals surface area contributed by atoms with Crippen molar-refractivity contribution in [3.63, 3.8) is 0 Å². The molecule has 4 atom stereocenters. The highest BCUT2D eigenvalue weighted by Crippen LogP contribution is 2.65. The lowest BCUT2D eigenvalue weighted by molar-refractivity contribution is -0.174. The van der Waals surface area contributed by atoms with E-state index in [-0.39, 0.29) is 12.0 Å². The molecule has 18 heavy (non-hydrogen) atoms. The van der Waals surface area contributed by atoms with Gasteiger partial charge in [-0.1, -0.05) is 19.3 Å². The summed E-state index contributed by atoms with van der Waals surface area (Å²) in [4.78, 5) is 19.6. The van der Waals surface area contributed by atoms with Gasteiger partial charge in [-0.25, -0.2) is 0 Å². The molecule has 0 radical (unpaired) electrons. The van der Waals surface area contributed by atoms with E-state index < -0.39 is 12.9 Å². The Bertz CT molecular complexity index is 366. The maximum absolute atomic E-state index is 12.0. The van der Waals surface area contributed by atoms with Gasteiger partial charge in [0, 0.05) is 5.92 Å². The zero-order valence-electron chi connectivity index (χ0n) is 10.8. The number of hydrogen-bond acceptors (Lipinski definition) is 2. The summed E-state index contributed by atoms with van der Waals surface area (Å²) in [6, 6.07) is 0. The Labute approximate surface area is 108 Å². The third-order valence-electron chi connectivity index (χ3n) is 5.25. The van der Waals surface area contributed by atoms with Crippen LogP contribution in [-0.4, -0.2) is 21.2 Å². The molecule has 1 saturated heterocycles. The van der Waals surface area contributed by atoms with Crippen LogP contribution in [0.2, 0.25) is 0 Å². The van der Waals surface area contributed by atoms with Gasteiger partial charge in [-0.15, -0.1) is 0 Å². The van der Waals surface area contributed by atoms with E-state index >= 15 is 0 Å². The first-order chi connectivity index (χ1) is 8.53. The van der Waals surface area contributed by atoms with Gasteiger partial charge in [0.15, 0.2) is 5.34 Å². The lowest BCUT2D eigenvalue weighted by atomic mass is 9.72. The number of rotatable bonds is 1. The van der Waals surface area contributed by atoms with E-state index in [0.717, 1.165) is 38.5 Å². The van der Waals surface area contributed by atoms with Crippen LogP contribution in [-0.2, 0) is 9.30 Å². The molecule has 1 heterocycles. The minimum absolute atomic E-state index is 0.0754. The molecule has 2 aliphatic carbocycles. The molecule has 0 bridgehead atoms. The van der Waals surface area contributed by atoms with E-state index in [0.29, 0.717) is 12.3 Å². The molecule has 1 aliphatic heterocycles. The summed E-state index contributed by atoms with van der Waals surface area (Å²) in [6.07, 6.45) is 9.07. The first kappa shape index (κ1) is 13.1. The van der Waals surface area contributed by atoms with E-state index in [1.54, 1.807) is 0 Å². The molecule has 5 heteroatoms. The Morgan fingerprint density at radius 1 is 1.06 bits per heavy atom. The summed E-state index contributed by atoms with van der Waals surface area (Å²) in [5.41, 5.74) is 0. The smallest absolute Gasteiger partial charge is 0.357 e. The SMILES string of the molecule is O=P(O)(O)C12CCCCC1CC1CCCCC1O2. The van der Waals surface area contributed by atoms with Crippen LogP contribution in [0.25, 0.3) is 0 Å². The van der Waals surface area contributed by atoms with E-state index in [1.807, 2.05) is 0 Å². The second kappa shape index (κ2) is 4.59. The highest BCUT2D eigenvalue weighted by atomic mass is 31.2. The minimum atomic E-state index is -4.18. The van der Waals surface area contributed by atoms with Gasteiger partial charge in [-0.3, -0.25) is 4.57 Å². The zero-order chi connectivity index (χ0) is 12.8. The molecule has 0 aromatic carbocycles. The van der Waals surface area contributed by atoms with Crippen LogP contribution >= 0.6 is 7.60 Å². The Morgan fingerprint density at radius 2 is 1.78 bits per heavy atom. The molecule has 4 nitrogen and oxygen atoms in total. The molecule has 0 spiro atoms. The van der Waals surface area contributed by atoms with Crippen molar-refractivity contribution >= 4 is 7.60 Å². The fourth-order valence-electron chi connectivity index (χ4n) is 4.33. The van der Waals surface area contributed by atoms with Crippen LogP contribution in [0.3, 0.4) is 0 Å². The van der Waals surface area contributed by atoms with Crippen LogP contribution in [0.5, 0.6) is 0 Å². The lowest BCUT2D eigenvalue weighted by Gasteiger charge is -2.53. The second-order valence-electron chi connectivity index (χ2n) is 6.27. The van der Waals surface area contributed by atoms with Gasteiger partial charge >= 0.3 is 7.60 Å². The highest BCUT2D eigenvalue weighted by Gasteiger charge is 2.59. The van der Waals surface area contributed by atoms with Gasteiger partial charge in [0.05, 0.1) is 6.10 Å². The Morgan fingerprint density at radius 3 is 2.56 bits per heavy atom. The highest BCUT2D eigenvalue weighted by molar-refractivity contribution is 7.53. The topological polar surface area (TPSA) is 66.8 Å². The fourth-order valence-corrected chi connectivity index (χ4v) is 5.77. The van der Waals surface area contributed by atoms with Crippen LogP contribution in [0.1, 0.15) is 57.8 Å². The second-order valence-corrected chi connectivity index (χ2v) is 8.11. The van der Waals surface area contributed by atoms with Crippen LogP contribution in [0.4, 0.5) is 0 Å². The average Bonchev–Trinajstić information content (AvgIpc) is 2.34. The van der Waals surface area contributed by atoms with E-state index in [1.165, 1.54) is 12.8 Å². The van der Waals surface area contributed by atoms with Crippen molar-refractivity contribution in [2.45, 2.75) is 69.2 Å². The monoisotopic (exact) mass is 274 g/mol. The quantitative estimate of drug-likeness (QED) is 0.721. The van der Waals surface area contributed by atoms with Crippen molar-refractivity contribution in [1.29, 1.82) is 0 Å². The molecule has 3 rings (SSSR count). The summed E-state index contributed by atoms with van der Waals surface area (Å²) in [6.45, 7) is 0. The van der Waals surface area contributed by atoms with Crippen molar-refractivity contribution in [2.75, 3.05) is 0 Å². The molecule has 104 valence electrons. The van der Waals surface area contributed by atoms with Gasteiger partial charge in [0.25, 0.3) is 0 Å². The molecule has 4 unspecified atom stereocenters. The van der Waals surface area contributed by atoms with Crippen molar-refractivity contribution in [1.82, 2.24) is 0 Å². The zero-order valence-corrected chi connectivity index (χ0v) is 11.6. The summed E-state index contributed by atoms with van der Waals surface area (Å²) in [7, 11) is -4.18.